The lowest BCUT2D eigenvalue weighted by atomic mass is 10.1. The Kier molecular flexibility index (Phi) is 11.7. The van der Waals surface area contributed by atoms with Crippen molar-refractivity contribution in [1.29, 1.82) is 0 Å². The lowest BCUT2D eigenvalue weighted by molar-refractivity contribution is 0.0745. The molecule has 0 unspecified atom stereocenters. The van der Waals surface area contributed by atoms with Crippen molar-refractivity contribution in [3.63, 3.8) is 0 Å². The molecule has 36 heavy (non-hydrogen) atoms. The molecule has 0 atom stereocenters. The molecule has 196 valence electrons. The number of hydrogen-bond acceptors (Lipinski definition) is 5. The van der Waals surface area contributed by atoms with Crippen LogP contribution < -0.4 is 5.73 Å². The fraction of sp³-hybridized carbons (Fsp3) is 0.552. The second kappa shape index (κ2) is 15.2. The molecule has 0 bridgehead atoms. The number of fused-ring (bicyclic) bond motifs is 1. The van der Waals surface area contributed by atoms with Gasteiger partial charge in [0.2, 0.25) is 5.95 Å². The smallest absolute Gasteiger partial charge is 0.272 e. The molecular weight excluding hydrogens is 448 g/mol. The molecule has 3 heterocycles. The van der Waals surface area contributed by atoms with Crippen molar-refractivity contribution in [1.82, 2.24) is 24.3 Å². The number of aryl methyl sites for hydroxylation is 1. The summed E-state index contributed by atoms with van der Waals surface area (Å²) in [5.41, 5.74) is 8.37. The number of aromatic nitrogens is 3. The minimum atomic E-state index is 0.0124. The van der Waals surface area contributed by atoms with Gasteiger partial charge in [0.25, 0.3) is 5.91 Å². The van der Waals surface area contributed by atoms with E-state index in [2.05, 4.69) is 28.7 Å². The first-order valence-corrected chi connectivity index (χ1v) is 13.8. The molecule has 1 aliphatic rings. The molecule has 2 aromatic heterocycles. The number of rotatable bonds is 11. The number of likely N-dealkylation sites (tertiary alicyclic amines) is 1. The van der Waals surface area contributed by atoms with Crippen molar-refractivity contribution >= 4 is 22.9 Å². The normalized spacial score (nSPS) is 13.8. The average molecular weight is 493 g/mol. The van der Waals surface area contributed by atoms with E-state index in [4.69, 9.17) is 5.73 Å². The third-order valence-corrected chi connectivity index (χ3v) is 6.71. The minimum Gasteiger partial charge on any atom is -0.369 e. The standard InChI is InChI=1S/C23H38N6O.C6H6/c1-3-5-14-28(15-6-4-2)22(30)19-17-21-20(18-25-19)26-23(24)29(21)16-10-13-27-11-8-7-9-12-27;1-2-4-6-5-3-1/h17-18H,3-16H2,1-2H3,(H2,24,26);1-6H. The van der Waals surface area contributed by atoms with Gasteiger partial charge in [0, 0.05) is 19.6 Å². The first kappa shape index (κ1) is 27.7. The van der Waals surface area contributed by atoms with Crippen LogP contribution in [-0.2, 0) is 6.54 Å². The van der Waals surface area contributed by atoms with Gasteiger partial charge in [-0.3, -0.25) is 4.79 Å². The maximum atomic E-state index is 13.1. The maximum absolute atomic E-state index is 13.1. The van der Waals surface area contributed by atoms with Crippen LogP contribution in [0, 0.1) is 0 Å². The molecule has 0 spiro atoms. The average Bonchev–Trinajstić information content (AvgIpc) is 3.24. The summed E-state index contributed by atoms with van der Waals surface area (Å²) in [5, 5.41) is 0. The highest BCUT2D eigenvalue weighted by atomic mass is 16.2. The number of nitrogens with zero attached hydrogens (tertiary/aromatic N) is 5. The third-order valence-electron chi connectivity index (χ3n) is 6.71. The summed E-state index contributed by atoms with van der Waals surface area (Å²) in [6, 6.07) is 13.9. The van der Waals surface area contributed by atoms with Crippen molar-refractivity contribution in [2.45, 2.75) is 71.8 Å². The summed E-state index contributed by atoms with van der Waals surface area (Å²) < 4.78 is 2.04. The lowest BCUT2D eigenvalue weighted by Gasteiger charge is -2.26. The summed E-state index contributed by atoms with van der Waals surface area (Å²) in [6.07, 6.45) is 10.9. The molecule has 1 amide bonds. The Morgan fingerprint density at radius 1 is 0.917 bits per heavy atom. The van der Waals surface area contributed by atoms with Gasteiger partial charge in [0.15, 0.2) is 0 Å². The van der Waals surface area contributed by atoms with Crippen molar-refractivity contribution in [3.05, 3.63) is 54.4 Å². The summed E-state index contributed by atoms with van der Waals surface area (Å²) in [7, 11) is 0. The Balaban J connectivity index is 0.000000526. The number of carbonyl (C=O) groups excluding carboxylic acids is 1. The molecule has 0 aliphatic carbocycles. The van der Waals surface area contributed by atoms with Crippen molar-refractivity contribution in [2.75, 3.05) is 38.5 Å². The van der Waals surface area contributed by atoms with Gasteiger partial charge in [-0.2, -0.15) is 0 Å². The number of carbonyl (C=O) groups is 1. The van der Waals surface area contributed by atoms with Crippen LogP contribution in [0.15, 0.2) is 48.7 Å². The lowest BCUT2D eigenvalue weighted by Crippen LogP contribution is -2.33. The Hall–Kier alpha value is -2.93. The Labute approximate surface area is 216 Å². The SMILES string of the molecule is CCCCN(CCCC)C(=O)c1cc2c(cn1)nc(N)n2CCCN1CCCCC1.c1ccccc1. The van der Waals surface area contributed by atoms with E-state index in [1.165, 1.54) is 32.4 Å². The van der Waals surface area contributed by atoms with E-state index in [1.54, 1.807) is 6.20 Å². The van der Waals surface area contributed by atoms with Crippen molar-refractivity contribution in [3.8, 4) is 0 Å². The zero-order valence-electron chi connectivity index (χ0n) is 22.2. The molecule has 0 saturated carbocycles. The van der Waals surface area contributed by atoms with Crippen LogP contribution in [0.25, 0.3) is 11.0 Å². The number of pyridine rings is 1. The van der Waals surface area contributed by atoms with Crippen molar-refractivity contribution in [2.24, 2.45) is 0 Å². The molecular formula is C29H44N6O. The number of amides is 1. The summed E-state index contributed by atoms with van der Waals surface area (Å²) >= 11 is 0. The van der Waals surface area contributed by atoms with E-state index < -0.39 is 0 Å². The Morgan fingerprint density at radius 2 is 1.53 bits per heavy atom. The first-order valence-electron chi connectivity index (χ1n) is 13.8. The number of hydrogen-bond donors (Lipinski definition) is 1. The van der Waals surface area contributed by atoms with E-state index in [0.29, 0.717) is 11.6 Å². The van der Waals surface area contributed by atoms with Gasteiger partial charge < -0.3 is 20.1 Å². The van der Waals surface area contributed by atoms with Crippen LogP contribution in [0.3, 0.4) is 0 Å². The topological polar surface area (TPSA) is 80.3 Å². The van der Waals surface area contributed by atoms with E-state index in [1.807, 2.05) is 51.9 Å². The van der Waals surface area contributed by atoms with E-state index >= 15 is 0 Å². The van der Waals surface area contributed by atoms with E-state index in [0.717, 1.165) is 69.3 Å². The quantitative estimate of drug-likeness (QED) is 0.376. The number of unbranched alkanes of at least 4 members (excludes halogenated alkanes) is 2. The van der Waals surface area contributed by atoms with Gasteiger partial charge in [-0.05, 0) is 57.8 Å². The van der Waals surface area contributed by atoms with Gasteiger partial charge in [-0.1, -0.05) is 69.5 Å². The highest BCUT2D eigenvalue weighted by Crippen LogP contribution is 2.20. The molecule has 3 aromatic rings. The van der Waals surface area contributed by atoms with Crippen LogP contribution in [-0.4, -0.2) is 63.0 Å². The maximum Gasteiger partial charge on any atom is 0.272 e. The van der Waals surface area contributed by atoms with Crippen LogP contribution in [0.2, 0.25) is 0 Å². The second-order valence-electron chi connectivity index (χ2n) is 9.59. The van der Waals surface area contributed by atoms with E-state index in [9.17, 15) is 4.79 Å². The number of nitrogen functional groups attached to an aromatic ring is 1. The van der Waals surface area contributed by atoms with Gasteiger partial charge >= 0.3 is 0 Å². The molecule has 4 rings (SSSR count). The van der Waals surface area contributed by atoms with Gasteiger partial charge in [-0.25, -0.2) is 9.97 Å². The minimum absolute atomic E-state index is 0.0124. The summed E-state index contributed by atoms with van der Waals surface area (Å²) in [6.45, 7) is 10.2. The van der Waals surface area contributed by atoms with Crippen LogP contribution in [0.1, 0.15) is 75.7 Å². The third kappa shape index (κ3) is 8.33. The van der Waals surface area contributed by atoms with Crippen LogP contribution in [0.4, 0.5) is 5.95 Å². The molecule has 2 N–H and O–H groups in total. The first-order chi connectivity index (χ1) is 17.6. The summed E-state index contributed by atoms with van der Waals surface area (Å²) in [5.74, 6) is 0.516. The number of imidazole rings is 1. The molecule has 0 radical (unpaired) electrons. The van der Waals surface area contributed by atoms with Gasteiger partial charge in [-0.15, -0.1) is 0 Å². The fourth-order valence-electron chi connectivity index (χ4n) is 4.59. The largest absolute Gasteiger partial charge is 0.369 e. The predicted octanol–water partition coefficient (Wildman–Crippen LogP) is 5.62. The highest BCUT2D eigenvalue weighted by molar-refractivity contribution is 5.95. The molecule has 7 heteroatoms. The molecule has 1 saturated heterocycles. The number of nitrogens with two attached hydrogens (primary N) is 1. The van der Waals surface area contributed by atoms with Gasteiger partial charge in [0.1, 0.15) is 11.2 Å². The fourth-order valence-corrected chi connectivity index (χ4v) is 4.59. The zero-order chi connectivity index (χ0) is 25.6. The number of benzene rings is 1. The predicted molar refractivity (Wildman–Crippen MR) is 149 cm³/mol. The molecule has 1 aromatic carbocycles. The summed E-state index contributed by atoms with van der Waals surface area (Å²) in [4.78, 5) is 26.5. The van der Waals surface area contributed by atoms with Gasteiger partial charge in [0.05, 0.1) is 11.7 Å². The van der Waals surface area contributed by atoms with E-state index in [-0.39, 0.29) is 5.91 Å². The molecule has 7 nitrogen and oxygen atoms in total. The van der Waals surface area contributed by atoms with Crippen LogP contribution in [0.5, 0.6) is 0 Å². The Morgan fingerprint density at radius 3 is 2.11 bits per heavy atom. The monoisotopic (exact) mass is 492 g/mol. The number of anilines is 1. The zero-order valence-corrected chi connectivity index (χ0v) is 22.2. The van der Waals surface area contributed by atoms with Crippen molar-refractivity contribution < 1.29 is 4.79 Å². The second-order valence-corrected chi connectivity index (χ2v) is 9.59. The molecule has 1 aliphatic heterocycles. The Bertz CT molecular complexity index is 994. The molecule has 1 fully saturated rings. The number of piperidine rings is 1. The van der Waals surface area contributed by atoms with Crippen LogP contribution >= 0.6 is 0 Å². The highest BCUT2D eigenvalue weighted by Gasteiger charge is 2.19.